The molecule has 1 aromatic heterocycles. The Hall–Kier alpha value is -1.94. The predicted molar refractivity (Wildman–Crippen MR) is 76.7 cm³/mol. The lowest BCUT2D eigenvalue weighted by atomic mass is 9.99. The second kappa shape index (κ2) is 4.63. The quantitative estimate of drug-likeness (QED) is 0.786. The number of benzene rings is 1. The fourth-order valence-electron chi connectivity index (χ4n) is 2.50. The summed E-state index contributed by atoms with van der Waals surface area (Å²) in [5.41, 5.74) is 9.19. The number of amides is 1. The lowest BCUT2D eigenvalue weighted by Gasteiger charge is -2.29. The van der Waals surface area contributed by atoms with E-state index in [1.165, 1.54) is 0 Å². The Labute approximate surface area is 116 Å². The Morgan fingerprint density at radius 2 is 2.26 bits per heavy atom. The molecule has 0 spiro atoms. The third kappa shape index (κ3) is 2.08. The van der Waals surface area contributed by atoms with E-state index in [1.54, 1.807) is 17.2 Å². The lowest BCUT2D eigenvalue weighted by Crippen LogP contribution is -2.35. The summed E-state index contributed by atoms with van der Waals surface area (Å²) < 4.78 is 0. The first kappa shape index (κ1) is 12.1. The molecule has 0 bridgehead atoms. The number of nitrogens with one attached hydrogen (secondary N) is 1. The number of aromatic amines is 1. The standard InChI is InChI=1S/C14H14ClN3O/c15-9-7-12(17-8-9)14(19)18-6-2-3-10-11(16)4-1-5-13(10)18/h1,4-5,7-8,17H,2-3,6,16H2. The number of halogens is 1. The molecule has 0 atom stereocenters. The number of fused-ring (bicyclic) bond motifs is 1. The van der Waals surface area contributed by atoms with Crippen molar-refractivity contribution in [1.29, 1.82) is 0 Å². The van der Waals surface area contributed by atoms with E-state index in [9.17, 15) is 4.79 Å². The van der Waals surface area contributed by atoms with Gasteiger partial charge >= 0.3 is 0 Å². The summed E-state index contributed by atoms with van der Waals surface area (Å²) in [6.45, 7) is 0.700. The molecule has 0 aliphatic carbocycles. The normalized spacial score (nSPS) is 14.3. The summed E-state index contributed by atoms with van der Waals surface area (Å²) in [5.74, 6) is -0.0709. The van der Waals surface area contributed by atoms with E-state index in [0.29, 0.717) is 17.3 Å². The van der Waals surface area contributed by atoms with Gasteiger partial charge in [-0.25, -0.2) is 0 Å². The van der Waals surface area contributed by atoms with E-state index in [-0.39, 0.29) is 5.91 Å². The molecule has 3 rings (SSSR count). The van der Waals surface area contributed by atoms with Crippen LogP contribution in [0.1, 0.15) is 22.5 Å². The van der Waals surface area contributed by atoms with Gasteiger partial charge in [0.15, 0.2) is 0 Å². The van der Waals surface area contributed by atoms with Gasteiger partial charge in [0.25, 0.3) is 5.91 Å². The molecule has 0 saturated carbocycles. The Bertz CT molecular complexity index is 635. The summed E-state index contributed by atoms with van der Waals surface area (Å²) in [4.78, 5) is 17.1. The van der Waals surface area contributed by atoms with E-state index >= 15 is 0 Å². The highest BCUT2D eigenvalue weighted by atomic mass is 35.5. The number of rotatable bonds is 1. The summed E-state index contributed by atoms with van der Waals surface area (Å²) in [6, 6.07) is 7.33. The first-order chi connectivity index (χ1) is 9.16. The fourth-order valence-corrected chi connectivity index (χ4v) is 2.66. The lowest BCUT2D eigenvalue weighted by molar-refractivity contribution is 0.0981. The zero-order valence-electron chi connectivity index (χ0n) is 10.3. The molecule has 19 heavy (non-hydrogen) atoms. The van der Waals surface area contributed by atoms with Gasteiger partial charge in [-0.1, -0.05) is 17.7 Å². The minimum atomic E-state index is -0.0709. The zero-order chi connectivity index (χ0) is 13.4. The first-order valence-corrected chi connectivity index (χ1v) is 6.58. The van der Waals surface area contributed by atoms with E-state index in [4.69, 9.17) is 17.3 Å². The van der Waals surface area contributed by atoms with Crippen molar-refractivity contribution < 1.29 is 4.79 Å². The van der Waals surface area contributed by atoms with Gasteiger partial charge in [-0.05, 0) is 36.6 Å². The molecule has 4 nitrogen and oxygen atoms in total. The van der Waals surface area contributed by atoms with Gasteiger partial charge in [0, 0.05) is 24.1 Å². The predicted octanol–water partition coefficient (Wildman–Crippen LogP) is 2.84. The van der Waals surface area contributed by atoms with Crippen molar-refractivity contribution in [1.82, 2.24) is 4.98 Å². The maximum absolute atomic E-state index is 12.5. The van der Waals surface area contributed by atoms with Gasteiger partial charge in [0.1, 0.15) is 5.69 Å². The molecule has 2 aromatic rings. The van der Waals surface area contributed by atoms with Crippen LogP contribution in [0.4, 0.5) is 11.4 Å². The maximum Gasteiger partial charge on any atom is 0.274 e. The molecule has 0 unspecified atom stereocenters. The number of carbonyl (C=O) groups excluding carboxylic acids is 1. The van der Waals surface area contributed by atoms with Gasteiger partial charge < -0.3 is 15.6 Å². The molecule has 1 aromatic carbocycles. The Kier molecular flexibility index (Phi) is 2.95. The van der Waals surface area contributed by atoms with E-state index in [1.807, 2.05) is 18.2 Å². The van der Waals surface area contributed by atoms with Crippen molar-refractivity contribution in [3.05, 3.63) is 46.7 Å². The van der Waals surface area contributed by atoms with Crippen LogP contribution in [0, 0.1) is 0 Å². The van der Waals surface area contributed by atoms with E-state index < -0.39 is 0 Å². The number of hydrogen-bond acceptors (Lipinski definition) is 2. The molecule has 0 fully saturated rings. The zero-order valence-corrected chi connectivity index (χ0v) is 11.1. The number of carbonyl (C=O) groups is 1. The molecular formula is C14H14ClN3O. The molecule has 0 radical (unpaired) electrons. The van der Waals surface area contributed by atoms with Crippen molar-refractivity contribution in [2.24, 2.45) is 0 Å². The van der Waals surface area contributed by atoms with Crippen LogP contribution in [0.3, 0.4) is 0 Å². The summed E-state index contributed by atoms with van der Waals surface area (Å²) in [6.07, 6.45) is 3.44. The Morgan fingerprint density at radius 1 is 1.42 bits per heavy atom. The summed E-state index contributed by atoms with van der Waals surface area (Å²) in [5, 5.41) is 0.535. The van der Waals surface area contributed by atoms with Gasteiger partial charge in [-0.15, -0.1) is 0 Å². The van der Waals surface area contributed by atoms with Crippen molar-refractivity contribution in [2.45, 2.75) is 12.8 Å². The number of H-pyrrole nitrogens is 1. The highest BCUT2D eigenvalue weighted by Crippen LogP contribution is 2.32. The maximum atomic E-state index is 12.5. The van der Waals surface area contributed by atoms with Crippen LogP contribution in [0.5, 0.6) is 0 Å². The second-order valence-corrected chi connectivity index (χ2v) is 5.07. The summed E-state index contributed by atoms with van der Waals surface area (Å²) >= 11 is 5.85. The van der Waals surface area contributed by atoms with Gasteiger partial charge in [-0.3, -0.25) is 4.79 Å². The monoisotopic (exact) mass is 275 g/mol. The Balaban J connectivity index is 2.00. The topological polar surface area (TPSA) is 62.1 Å². The smallest absolute Gasteiger partial charge is 0.274 e. The highest BCUT2D eigenvalue weighted by Gasteiger charge is 2.25. The number of anilines is 2. The van der Waals surface area contributed by atoms with Crippen LogP contribution in [-0.2, 0) is 6.42 Å². The van der Waals surface area contributed by atoms with Gasteiger partial charge in [0.05, 0.1) is 5.02 Å². The molecule has 1 aliphatic rings. The second-order valence-electron chi connectivity index (χ2n) is 4.64. The molecule has 5 heteroatoms. The largest absolute Gasteiger partial charge is 0.398 e. The van der Waals surface area contributed by atoms with Crippen LogP contribution in [0.25, 0.3) is 0 Å². The minimum Gasteiger partial charge on any atom is -0.398 e. The van der Waals surface area contributed by atoms with Gasteiger partial charge in [-0.2, -0.15) is 0 Å². The van der Waals surface area contributed by atoms with Crippen molar-refractivity contribution in [3.8, 4) is 0 Å². The Morgan fingerprint density at radius 3 is 3.00 bits per heavy atom. The van der Waals surface area contributed by atoms with Crippen LogP contribution < -0.4 is 10.6 Å². The molecule has 0 saturated heterocycles. The van der Waals surface area contributed by atoms with E-state index in [2.05, 4.69) is 4.98 Å². The molecule has 1 amide bonds. The number of nitrogens with two attached hydrogens (primary N) is 1. The third-order valence-corrected chi connectivity index (χ3v) is 3.63. The third-order valence-electron chi connectivity index (χ3n) is 3.41. The van der Waals surface area contributed by atoms with E-state index in [0.717, 1.165) is 29.8 Å². The highest BCUT2D eigenvalue weighted by molar-refractivity contribution is 6.31. The average Bonchev–Trinajstić information content (AvgIpc) is 2.85. The van der Waals surface area contributed by atoms with Crippen LogP contribution in [0.2, 0.25) is 5.02 Å². The van der Waals surface area contributed by atoms with Crippen LogP contribution in [0.15, 0.2) is 30.5 Å². The molecule has 3 N–H and O–H groups in total. The van der Waals surface area contributed by atoms with Crippen molar-refractivity contribution >= 4 is 28.9 Å². The molecule has 98 valence electrons. The van der Waals surface area contributed by atoms with Crippen LogP contribution >= 0.6 is 11.6 Å². The summed E-state index contributed by atoms with van der Waals surface area (Å²) in [7, 11) is 0. The van der Waals surface area contributed by atoms with Crippen molar-refractivity contribution in [2.75, 3.05) is 17.2 Å². The minimum absolute atomic E-state index is 0.0709. The first-order valence-electron chi connectivity index (χ1n) is 6.20. The molecule has 1 aliphatic heterocycles. The fraction of sp³-hybridized carbons (Fsp3) is 0.214. The van der Waals surface area contributed by atoms with Crippen LogP contribution in [-0.4, -0.2) is 17.4 Å². The molecule has 2 heterocycles. The average molecular weight is 276 g/mol. The van der Waals surface area contributed by atoms with Gasteiger partial charge in [0.2, 0.25) is 0 Å². The molecular weight excluding hydrogens is 262 g/mol. The number of nitrogen functional groups attached to an aromatic ring is 1. The SMILES string of the molecule is Nc1cccc2c1CCCN2C(=O)c1cc(Cl)c[nH]1. The number of nitrogens with zero attached hydrogens (tertiary/aromatic N) is 1. The number of hydrogen-bond donors (Lipinski definition) is 2. The number of aromatic nitrogens is 1. The van der Waals surface area contributed by atoms with Crippen molar-refractivity contribution in [3.63, 3.8) is 0 Å².